The van der Waals surface area contributed by atoms with Crippen LogP contribution in [0, 0.1) is 5.92 Å². The van der Waals surface area contributed by atoms with Gasteiger partial charge in [0.25, 0.3) is 0 Å². The molecule has 1 heterocycles. The molecule has 7 nitrogen and oxygen atoms in total. The van der Waals surface area contributed by atoms with Crippen LogP contribution in [-0.4, -0.2) is 66.4 Å². The number of nitrogens with one attached hydrogen (secondary N) is 2. The molecule has 0 bridgehead atoms. The molecule has 0 radical (unpaired) electrons. The lowest BCUT2D eigenvalue weighted by Crippen LogP contribution is -2.51. The number of hydrogen-bond donors (Lipinski definition) is 2. The number of carbonyl (C=O) groups excluding carboxylic acids is 1. The molecule has 2 N–H and O–H groups in total. The molecule has 1 aromatic heterocycles. The highest BCUT2D eigenvalue weighted by molar-refractivity contribution is 7.98. The van der Waals surface area contributed by atoms with E-state index in [1.165, 1.54) is 17.8 Å². The van der Waals surface area contributed by atoms with E-state index in [-0.39, 0.29) is 52.3 Å². The van der Waals surface area contributed by atoms with Gasteiger partial charge in [0.15, 0.2) is 9.84 Å². The SMILES string of the molecule is CSc1ccc(S(=O)(=O)CC2C[C@H](N(C)C(C)C)CCC2NC(=O)Cc2nc3cc(C(F)(F)F)ccc3[nH]2)cc1. The fourth-order valence-corrected chi connectivity index (χ4v) is 7.38. The average molecular weight is 597 g/mol. The number of alkyl halides is 3. The Labute approximate surface area is 237 Å². The van der Waals surface area contributed by atoms with Crippen molar-refractivity contribution in [2.24, 2.45) is 5.92 Å². The second-order valence-corrected chi connectivity index (χ2v) is 13.6. The summed E-state index contributed by atoms with van der Waals surface area (Å²) in [5, 5.41) is 3.01. The Morgan fingerprint density at radius 2 is 1.88 bits per heavy atom. The van der Waals surface area contributed by atoms with Crippen LogP contribution in [0.5, 0.6) is 0 Å². The fourth-order valence-electron chi connectivity index (χ4n) is 5.29. The van der Waals surface area contributed by atoms with Crippen LogP contribution in [0.4, 0.5) is 13.2 Å². The number of aromatic nitrogens is 2. The van der Waals surface area contributed by atoms with Crippen LogP contribution in [0.25, 0.3) is 11.0 Å². The molecular formula is C28H35F3N4O3S2. The van der Waals surface area contributed by atoms with Gasteiger partial charge in [-0.3, -0.25) is 4.79 Å². The Morgan fingerprint density at radius 3 is 2.50 bits per heavy atom. The van der Waals surface area contributed by atoms with Gasteiger partial charge in [-0.05, 0) is 94.8 Å². The smallest absolute Gasteiger partial charge is 0.353 e. The Balaban J connectivity index is 1.50. The third-order valence-corrected chi connectivity index (χ3v) is 10.3. The number of hydrogen-bond acceptors (Lipinski definition) is 6. The van der Waals surface area contributed by atoms with Gasteiger partial charge < -0.3 is 15.2 Å². The van der Waals surface area contributed by atoms with Crippen molar-refractivity contribution in [2.75, 3.05) is 19.1 Å². The zero-order chi connectivity index (χ0) is 29.2. The average Bonchev–Trinajstić information content (AvgIpc) is 3.30. The number of amides is 1. The van der Waals surface area contributed by atoms with Crippen LogP contribution in [0.1, 0.15) is 44.5 Å². The molecule has 0 saturated heterocycles. The summed E-state index contributed by atoms with van der Waals surface area (Å²) in [4.78, 5) is 23.6. The van der Waals surface area contributed by atoms with Crippen molar-refractivity contribution >= 4 is 38.5 Å². The lowest BCUT2D eigenvalue weighted by Gasteiger charge is -2.41. The van der Waals surface area contributed by atoms with Crippen molar-refractivity contribution in [2.45, 2.75) is 73.6 Å². The zero-order valence-electron chi connectivity index (χ0n) is 23.0. The molecule has 3 atom stereocenters. The first-order chi connectivity index (χ1) is 18.8. The van der Waals surface area contributed by atoms with Crippen molar-refractivity contribution < 1.29 is 26.4 Å². The Bertz CT molecular complexity index is 1440. The van der Waals surface area contributed by atoms with Gasteiger partial charge in [-0.25, -0.2) is 13.4 Å². The molecule has 1 amide bonds. The van der Waals surface area contributed by atoms with E-state index in [1.807, 2.05) is 13.3 Å². The minimum Gasteiger partial charge on any atom is -0.353 e. The molecule has 1 fully saturated rings. The quantitative estimate of drug-likeness (QED) is 0.325. The molecule has 0 spiro atoms. The van der Waals surface area contributed by atoms with Crippen LogP contribution in [0.2, 0.25) is 0 Å². The lowest BCUT2D eigenvalue weighted by atomic mass is 9.81. The van der Waals surface area contributed by atoms with Crippen LogP contribution in [0.3, 0.4) is 0 Å². The predicted molar refractivity (Wildman–Crippen MR) is 151 cm³/mol. The standard InChI is InChI=1S/C28H35F3N4O3S2/c1-17(2)35(3)20-6-12-23(18(13-20)16-40(37,38)22-9-7-21(39-4)8-10-22)34-27(36)15-26-32-24-11-5-19(28(29,30)31)14-25(24)33-26/h5,7-11,14,17-18,20,23H,6,12-13,15-16H2,1-4H3,(H,32,33)(H,34,36)/t18?,20-,23?/m1/s1. The summed E-state index contributed by atoms with van der Waals surface area (Å²) in [6.07, 6.45) is -0.670. The molecule has 2 aromatic carbocycles. The molecule has 1 aliphatic rings. The summed E-state index contributed by atoms with van der Waals surface area (Å²) >= 11 is 1.54. The van der Waals surface area contributed by atoms with Crippen LogP contribution in [-0.2, 0) is 27.2 Å². The van der Waals surface area contributed by atoms with E-state index < -0.39 is 21.6 Å². The number of imidazole rings is 1. The van der Waals surface area contributed by atoms with E-state index in [0.29, 0.717) is 24.4 Å². The van der Waals surface area contributed by atoms with E-state index in [4.69, 9.17) is 0 Å². The summed E-state index contributed by atoms with van der Waals surface area (Å²) in [5.74, 6) is -0.510. The maximum absolute atomic E-state index is 13.4. The first-order valence-electron chi connectivity index (χ1n) is 13.2. The summed E-state index contributed by atoms with van der Waals surface area (Å²) in [5.41, 5.74) is -0.270. The third-order valence-electron chi connectivity index (χ3n) is 7.73. The highest BCUT2D eigenvalue weighted by atomic mass is 32.2. The topological polar surface area (TPSA) is 95.2 Å². The number of carbonyl (C=O) groups is 1. The number of H-pyrrole nitrogens is 1. The van der Waals surface area contributed by atoms with Crippen LogP contribution in [0.15, 0.2) is 52.3 Å². The van der Waals surface area contributed by atoms with Gasteiger partial charge in [0.05, 0.1) is 33.7 Å². The van der Waals surface area contributed by atoms with Crippen molar-refractivity contribution in [1.29, 1.82) is 0 Å². The molecule has 4 rings (SSSR count). The van der Waals surface area contributed by atoms with E-state index in [2.05, 4.69) is 34.0 Å². The van der Waals surface area contributed by atoms with E-state index >= 15 is 0 Å². The minimum atomic E-state index is -4.49. The number of nitrogens with zero attached hydrogens (tertiary/aromatic N) is 2. The number of aromatic amines is 1. The van der Waals surface area contributed by atoms with Crippen LogP contribution < -0.4 is 5.32 Å². The number of rotatable bonds is 9. The van der Waals surface area contributed by atoms with Crippen molar-refractivity contribution in [3.05, 3.63) is 53.9 Å². The normalized spacial score (nSPS) is 20.4. The molecular weight excluding hydrogens is 561 g/mol. The molecule has 3 aromatic rings. The molecule has 1 saturated carbocycles. The molecule has 218 valence electrons. The maximum Gasteiger partial charge on any atom is 0.416 e. The van der Waals surface area contributed by atoms with Gasteiger partial charge >= 0.3 is 6.18 Å². The van der Waals surface area contributed by atoms with E-state index in [1.54, 1.807) is 24.3 Å². The highest BCUT2D eigenvalue weighted by Crippen LogP contribution is 2.33. The molecule has 0 aliphatic heterocycles. The van der Waals surface area contributed by atoms with Gasteiger partial charge in [0.1, 0.15) is 5.82 Å². The lowest BCUT2D eigenvalue weighted by molar-refractivity contribution is -0.137. The van der Waals surface area contributed by atoms with Gasteiger partial charge in [-0.15, -0.1) is 11.8 Å². The zero-order valence-corrected chi connectivity index (χ0v) is 24.6. The first kappa shape index (κ1) is 30.4. The van der Waals surface area contributed by atoms with Crippen LogP contribution >= 0.6 is 11.8 Å². The van der Waals surface area contributed by atoms with E-state index in [9.17, 15) is 26.4 Å². The summed E-state index contributed by atoms with van der Waals surface area (Å²) in [7, 11) is -1.57. The summed E-state index contributed by atoms with van der Waals surface area (Å²) in [6.45, 7) is 4.19. The number of halogens is 3. The Morgan fingerprint density at radius 1 is 1.18 bits per heavy atom. The largest absolute Gasteiger partial charge is 0.416 e. The number of fused-ring (bicyclic) bond motifs is 1. The van der Waals surface area contributed by atoms with E-state index in [0.717, 1.165) is 23.4 Å². The van der Waals surface area contributed by atoms with Crippen molar-refractivity contribution in [3.63, 3.8) is 0 Å². The Kier molecular flexibility index (Phi) is 9.21. The van der Waals surface area contributed by atoms with Gasteiger partial charge in [-0.2, -0.15) is 13.2 Å². The van der Waals surface area contributed by atoms with Gasteiger partial charge in [0.2, 0.25) is 5.91 Å². The minimum absolute atomic E-state index is 0.0934. The monoisotopic (exact) mass is 596 g/mol. The second-order valence-electron chi connectivity index (χ2n) is 10.7. The molecule has 1 aliphatic carbocycles. The highest BCUT2D eigenvalue weighted by Gasteiger charge is 2.37. The van der Waals surface area contributed by atoms with Gasteiger partial charge in [0, 0.05) is 23.0 Å². The predicted octanol–water partition coefficient (Wildman–Crippen LogP) is 5.31. The van der Waals surface area contributed by atoms with Crippen molar-refractivity contribution in [1.82, 2.24) is 20.2 Å². The molecule has 2 unspecified atom stereocenters. The number of benzene rings is 2. The Hall–Kier alpha value is -2.57. The third kappa shape index (κ3) is 7.19. The molecule has 12 heteroatoms. The maximum atomic E-state index is 13.4. The number of thioether (sulfide) groups is 1. The van der Waals surface area contributed by atoms with Gasteiger partial charge in [-0.1, -0.05) is 0 Å². The first-order valence-corrected chi connectivity index (χ1v) is 16.1. The summed E-state index contributed by atoms with van der Waals surface area (Å²) in [6, 6.07) is 10.2. The molecule has 40 heavy (non-hydrogen) atoms. The number of sulfone groups is 1. The fraction of sp³-hybridized carbons (Fsp3) is 0.500. The summed E-state index contributed by atoms with van der Waals surface area (Å²) < 4.78 is 66.0. The van der Waals surface area contributed by atoms with Crippen molar-refractivity contribution in [3.8, 4) is 0 Å². The second kappa shape index (κ2) is 12.1.